The number of thioether (sulfide) groups is 1. The molecule has 5 rings (SSSR count). The summed E-state index contributed by atoms with van der Waals surface area (Å²) in [5.41, 5.74) is 1.07. The normalized spacial score (nSPS) is 16.0. The summed E-state index contributed by atoms with van der Waals surface area (Å²) in [6.07, 6.45) is 3.52. The van der Waals surface area contributed by atoms with Crippen molar-refractivity contribution in [1.82, 2.24) is 19.7 Å². The monoisotopic (exact) mass is 456 g/mol. The highest BCUT2D eigenvalue weighted by molar-refractivity contribution is 7.98. The van der Waals surface area contributed by atoms with E-state index in [-0.39, 0.29) is 11.2 Å². The summed E-state index contributed by atoms with van der Waals surface area (Å²) in [5.74, 6) is 1.49. The van der Waals surface area contributed by atoms with Crippen LogP contribution in [0.1, 0.15) is 42.5 Å². The van der Waals surface area contributed by atoms with Crippen LogP contribution in [0, 0.1) is 11.7 Å². The number of hydrogen-bond donors (Lipinski definition) is 0. The van der Waals surface area contributed by atoms with E-state index in [9.17, 15) is 9.18 Å². The summed E-state index contributed by atoms with van der Waals surface area (Å²) in [4.78, 5) is 20.4. The van der Waals surface area contributed by atoms with Crippen LogP contribution in [0.15, 0.2) is 38.6 Å². The molecule has 0 amide bonds. The summed E-state index contributed by atoms with van der Waals surface area (Å²) >= 11 is 2.88. The van der Waals surface area contributed by atoms with Crippen LogP contribution in [0.25, 0.3) is 15.9 Å². The number of halogens is 1. The zero-order valence-electron chi connectivity index (χ0n) is 17.2. The van der Waals surface area contributed by atoms with E-state index in [4.69, 9.17) is 9.40 Å². The van der Waals surface area contributed by atoms with Crippen LogP contribution < -0.4 is 5.56 Å². The molecule has 0 fully saturated rings. The number of fused-ring (bicyclic) bond motifs is 3. The van der Waals surface area contributed by atoms with Gasteiger partial charge in [0.25, 0.3) is 5.56 Å². The van der Waals surface area contributed by atoms with Gasteiger partial charge in [0, 0.05) is 11.3 Å². The van der Waals surface area contributed by atoms with E-state index in [0.717, 1.165) is 29.7 Å². The van der Waals surface area contributed by atoms with Gasteiger partial charge in [-0.25, -0.2) is 9.37 Å². The van der Waals surface area contributed by atoms with Crippen LogP contribution in [0.5, 0.6) is 0 Å². The van der Waals surface area contributed by atoms with E-state index in [1.54, 1.807) is 29.5 Å². The lowest BCUT2D eigenvalue weighted by Gasteiger charge is -2.18. The lowest BCUT2D eigenvalue weighted by molar-refractivity contribution is 0.469. The standard InChI is InChI=1S/C22H21FN4O2S2/c1-3-17-25-26-18(29-17)11-30-22-24-20-19(13-9-8-12(2)10-16(13)31-20)21(28)27(22)15-7-5-4-6-14(15)23/h4-7,12H,3,8-11H2,1-2H3. The number of nitrogens with zero attached hydrogens (tertiary/aromatic N) is 4. The minimum Gasteiger partial charge on any atom is -0.424 e. The second-order valence-corrected chi connectivity index (χ2v) is 9.78. The average molecular weight is 457 g/mol. The van der Waals surface area contributed by atoms with Crippen LogP contribution in [0.4, 0.5) is 4.39 Å². The van der Waals surface area contributed by atoms with Gasteiger partial charge < -0.3 is 4.42 Å². The molecule has 0 saturated heterocycles. The molecule has 6 nitrogen and oxygen atoms in total. The molecule has 1 unspecified atom stereocenters. The van der Waals surface area contributed by atoms with Crippen molar-refractivity contribution < 1.29 is 8.81 Å². The van der Waals surface area contributed by atoms with Gasteiger partial charge in [0.2, 0.25) is 11.8 Å². The van der Waals surface area contributed by atoms with Crippen molar-refractivity contribution in [2.45, 2.75) is 50.4 Å². The van der Waals surface area contributed by atoms with Crippen LogP contribution in [-0.4, -0.2) is 19.7 Å². The van der Waals surface area contributed by atoms with E-state index in [1.807, 2.05) is 6.92 Å². The lowest BCUT2D eigenvalue weighted by Crippen LogP contribution is -2.23. The van der Waals surface area contributed by atoms with Gasteiger partial charge in [-0.3, -0.25) is 9.36 Å². The van der Waals surface area contributed by atoms with Gasteiger partial charge in [-0.2, -0.15) is 0 Å². The molecule has 1 aromatic carbocycles. The predicted octanol–water partition coefficient (Wildman–Crippen LogP) is 4.95. The molecule has 1 aliphatic rings. The largest absolute Gasteiger partial charge is 0.424 e. The highest BCUT2D eigenvalue weighted by atomic mass is 32.2. The highest BCUT2D eigenvalue weighted by Gasteiger charge is 2.26. The molecule has 160 valence electrons. The van der Waals surface area contributed by atoms with E-state index >= 15 is 0 Å². The van der Waals surface area contributed by atoms with Gasteiger partial charge in [-0.1, -0.05) is 37.7 Å². The highest BCUT2D eigenvalue weighted by Crippen LogP contribution is 2.37. The maximum atomic E-state index is 14.7. The van der Waals surface area contributed by atoms with Crippen LogP contribution in [0.3, 0.4) is 0 Å². The van der Waals surface area contributed by atoms with Crippen molar-refractivity contribution in [3.8, 4) is 5.69 Å². The first-order chi connectivity index (χ1) is 15.0. The molecule has 0 aliphatic heterocycles. The summed E-state index contributed by atoms with van der Waals surface area (Å²) < 4.78 is 21.7. The number of hydrogen-bond acceptors (Lipinski definition) is 7. The minimum absolute atomic E-state index is 0.202. The fourth-order valence-corrected chi connectivity index (χ4v) is 6.20. The van der Waals surface area contributed by atoms with E-state index < -0.39 is 5.82 Å². The zero-order chi connectivity index (χ0) is 21.5. The van der Waals surface area contributed by atoms with Crippen LogP contribution in [0.2, 0.25) is 0 Å². The first-order valence-corrected chi connectivity index (χ1v) is 12.1. The molecular weight excluding hydrogens is 435 g/mol. The van der Waals surface area contributed by atoms with Crippen molar-refractivity contribution in [2.24, 2.45) is 5.92 Å². The molecular formula is C22H21FN4O2S2. The van der Waals surface area contributed by atoms with Crippen LogP contribution >= 0.6 is 23.1 Å². The molecule has 3 heterocycles. The topological polar surface area (TPSA) is 73.8 Å². The summed E-state index contributed by atoms with van der Waals surface area (Å²) in [7, 11) is 0. The Kier molecular flexibility index (Phi) is 5.39. The van der Waals surface area contributed by atoms with Crippen LogP contribution in [-0.2, 0) is 25.0 Å². The molecule has 0 N–H and O–H groups in total. The van der Waals surface area contributed by atoms with E-state index in [0.29, 0.717) is 40.4 Å². The molecule has 0 radical (unpaired) electrons. The molecule has 4 aromatic rings. The van der Waals surface area contributed by atoms with Crippen molar-refractivity contribution in [3.63, 3.8) is 0 Å². The predicted molar refractivity (Wildman–Crippen MR) is 120 cm³/mol. The SMILES string of the molecule is CCc1nnc(CSc2nc3sc4c(c3c(=O)n2-c2ccccc2F)CCC(C)C4)o1. The number of aromatic nitrogens is 4. The van der Waals surface area contributed by atoms with Gasteiger partial charge in [0.15, 0.2) is 5.16 Å². The molecule has 1 aliphatic carbocycles. The average Bonchev–Trinajstić information content (AvgIpc) is 3.36. The number of aryl methyl sites for hydroxylation is 2. The number of para-hydroxylation sites is 1. The Balaban J connectivity index is 1.66. The van der Waals surface area contributed by atoms with Crippen molar-refractivity contribution >= 4 is 33.3 Å². The van der Waals surface area contributed by atoms with Crippen molar-refractivity contribution in [3.05, 3.63) is 62.7 Å². The number of benzene rings is 1. The Bertz CT molecular complexity index is 1330. The smallest absolute Gasteiger partial charge is 0.267 e. The maximum Gasteiger partial charge on any atom is 0.267 e. The molecule has 9 heteroatoms. The Morgan fingerprint density at radius 1 is 1.29 bits per heavy atom. The Hall–Kier alpha value is -2.52. The van der Waals surface area contributed by atoms with Gasteiger partial charge in [0.1, 0.15) is 10.6 Å². The van der Waals surface area contributed by atoms with Crippen molar-refractivity contribution in [2.75, 3.05) is 0 Å². The Morgan fingerprint density at radius 2 is 2.10 bits per heavy atom. The second kappa shape index (κ2) is 8.20. The molecule has 31 heavy (non-hydrogen) atoms. The molecule has 3 aromatic heterocycles. The third-order valence-electron chi connectivity index (χ3n) is 5.53. The maximum absolute atomic E-state index is 14.7. The van der Waals surface area contributed by atoms with E-state index in [2.05, 4.69) is 17.1 Å². The molecule has 0 saturated carbocycles. The summed E-state index contributed by atoms with van der Waals surface area (Å²) in [5, 5.41) is 9.08. The molecule has 0 spiro atoms. The number of thiophene rings is 1. The van der Waals surface area contributed by atoms with Gasteiger partial charge >= 0.3 is 0 Å². The minimum atomic E-state index is -0.462. The quantitative estimate of drug-likeness (QED) is 0.313. The Morgan fingerprint density at radius 3 is 2.87 bits per heavy atom. The third-order valence-corrected chi connectivity index (χ3v) is 7.60. The summed E-state index contributed by atoms with van der Waals surface area (Å²) in [6, 6.07) is 6.30. The van der Waals surface area contributed by atoms with Gasteiger partial charge in [-0.15, -0.1) is 21.5 Å². The second-order valence-electron chi connectivity index (χ2n) is 7.75. The fourth-order valence-electron chi connectivity index (χ4n) is 3.93. The van der Waals surface area contributed by atoms with Gasteiger partial charge in [0.05, 0.1) is 16.8 Å². The molecule has 0 bridgehead atoms. The fraction of sp³-hybridized carbons (Fsp3) is 0.364. The first kappa shape index (κ1) is 20.4. The summed E-state index contributed by atoms with van der Waals surface area (Å²) in [6.45, 7) is 4.17. The Labute approximate surface area is 186 Å². The third kappa shape index (κ3) is 3.70. The number of rotatable bonds is 5. The zero-order valence-corrected chi connectivity index (χ0v) is 18.9. The first-order valence-electron chi connectivity index (χ1n) is 10.3. The van der Waals surface area contributed by atoms with E-state index in [1.165, 1.54) is 27.3 Å². The lowest BCUT2D eigenvalue weighted by atomic mass is 9.89. The molecule has 1 atom stereocenters. The van der Waals surface area contributed by atoms with Crippen molar-refractivity contribution in [1.29, 1.82) is 0 Å². The van der Waals surface area contributed by atoms with Gasteiger partial charge in [-0.05, 0) is 42.9 Å².